The number of hydrogen-bond donors (Lipinski definition) is 2. The minimum absolute atomic E-state index is 0.0904. The Morgan fingerprint density at radius 2 is 1.51 bits per heavy atom. The molecule has 0 bridgehead atoms. The number of ether oxygens (including phenoxy) is 1. The quantitative estimate of drug-likeness (QED) is 0.211. The van der Waals surface area contributed by atoms with Crippen LogP contribution in [0.2, 0.25) is 0 Å². The number of piperidine rings is 1. The summed E-state index contributed by atoms with van der Waals surface area (Å²) in [6, 6.07) is 19.3. The number of halogens is 2. The van der Waals surface area contributed by atoms with Crippen molar-refractivity contribution in [2.45, 2.75) is 91.8 Å². The van der Waals surface area contributed by atoms with E-state index in [9.17, 15) is 18.0 Å². The number of hydrogen-bond acceptors (Lipinski definition) is 8. The Bertz CT molecular complexity index is 2010. The zero-order chi connectivity index (χ0) is 40.6. The molecule has 7 rings (SSSR count). The highest BCUT2D eigenvalue weighted by Gasteiger charge is 2.54. The molecule has 3 heterocycles. The Morgan fingerprint density at radius 1 is 0.860 bits per heavy atom. The van der Waals surface area contributed by atoms with Gasteiger partial charge in [-0.05, 0) is 157 Å². The SMILES string of the molecule is CNC(=O)c1ccc(S(=O)(=O)c2ccc(N3CC(F)(CN4CCC(C(CN5CCC5)(c5cccc(F)c5)[C@H]5CCC[C@@H]5NC(=O)OC(C)(C)C)CC4)C3)cc2)cc1. The van der Waals surface area contributed by atoms with Crippen molar-refractivity contribution in [1.29, 1.82) is 0 Å². The molecule has 0 radical (unpaired) electrons. The predicted molar refractivity (Wildman–Crippen MR) is 217 cm³/mol. The molecule has 2 amide bonds. The Hall–Kier alpha value is -4.07. The van der Waals surface area contributed by atoms with Crippen molar-refractivity contribution in [1.82, 2.24) is 20.4 Å². The molecule has 4 fully saturated rings. The number of rotatable bonds is 12. The topological polar surface area (TPSA) is 111 Å². The Labute approximate surface area is 336 Å². The molecule has 1 unspecified atom stereocenters. The number of carbonyl (C=O) groups is 2. The van der Waals surface area contributed by atoms with Crippen molar-refractivity contribution >= 4 is 27.5 Å². The van der Waals surface area contributed by atoms with Crippen molar-refractivity contribution in [3.63, 3.8) is 0 Å². The second-order valence-electron chi connectivity index (χ2n) is 17.6. The highest BCUT2D eigenvalue weighted by molar-refractivity contribution is 7.91. The molecule has 3 aliphatic heterocycles. The molecule has 2 N–H and O–H groups in total. The van der Waals surface area contributed by atoms with Crippen LogP contribution in [0.1, 0.15) is 75.2 Å². The Balaban J connectivity index is 1.02. The van der Waals surface area contributed by atoms with Gasteiger partial charge in [0, 0.05) is 42.8 Å². The summed E-state index contributed by atoms with van der Waals surface area (Å²) < 4.78 is 63.7. The lowest BCUT2D eigenvalue weighted by molar-refractivity contribution is 0.00378. The molecule has 4 aliphatic rings. The fourth-order valence-electron chi connectivity index (χ4n) is 9.82. The van der Waals surface area contributed by atoms with E-state index in [4.69, 9.17) is 4.74 Å². The molecule has 57 heavy (non-hydrogen) atoms. The number of nitrogens with zero attached hydrogens (tertiary/aromatic N) is 3. The molecule has 1 saturated carbocycles. The van der Waals surface area contributed by atoms with Gasteiger partial charge in [-0.3, -0.25) is 9.69 Å². The summed E-state index contributed by atoms with van der Waals surface area (Å²) in [6.07, 6.45) is 5.13. The minimum atomic E-state index is -3.80. The second-order valence-corrected chi connectivity index (χ2v) is 19.6. The van der Waals surface area contributed by atoms with Gasteiger partial charge in [-0.15, -0.1) is 0 Å². The number of sulfone groups is 1. The maximum atomic E-state index is 16.3. The van der Waals surface area contributed by atoms with Crippen LogP contribution >= 0.6 is 0 Å². The van der Waals surface area contributed by atoms with Gasteiger partial charge in [0.2, 0.25) is 9.84 Å². The van der Waals surface area contributed by atoms with Crippen molar-refractivity contribution in [3.8, 4) is 0 Å². The lowest BCUT2D eigenvalue weighted by Crippen LogP contribution is -2.65. The Morgan fingerprint density at radius 3 is 2.09 bits per heavy atom. The third kappa shape index (κ3) is 8.85. The van der Waals surface area contributed by atoms with Gasteiger partial charge in [0.25, 0.3) is 5.91 Å². The summed E-state index contributed by atoms with van der Waals surface area (Å²) in [5.41, 5.74) is -0.311. The van der Waals surface area contributed by atoms with Crippen LogP contribution in [0.5, 0.6) is 0 Å². The summed E-state index contributed by atoms with van der Waals surface area (Å²) in [5, 5.41) is 5.76. The number of alkyl carbamates (subject to hydrolysis) is 1. The highest BCUT2D eigenvalue weighted by atomic mass is 32.2. The number of nitrogens with one attached hydrogen (secondary N) is 2. The summed E-state index contributed by atoms with van der Waals surface area (Å²) in [6.45, 7) is 10.6. The first-order chi connectivity index (χ1) is 27.1. The molecule has 3 aromatic carbocycles. The van der Waals surface area contributed by atoms with E-state index < -0.39 is 32.6 Å². The third-order valence-corrected chi connectivity index (χ3v) is 14.4. The zero-order valence-corrected chi connectivity index (χ0v) is 34.4. The lowest BCUT2D eigenvalue weighted by atomic mass is 9.57. The van der Waals surface area contributed by atoms with E-state index in [-0.39, 0.29) is 52.5 Å². The van der Waals surface area contributed by atoms with Gasteiger partial charge in [0.15, 0.2) is 5.67 Å². The Kier molecular flexibility index (Phi) is 11.7. The van der Waals surface area contributed by atoms with Gasteiger partial charge >= 0.3 is 6.09 Å². The smallest absolute Gasteiger partial charge is 0.407 e. The van der Waals surface area contributed by atoms with Crippen LogP contribution in [-0.2, 0) is 20.0 Å². The molecular formula is C44H57F2N5O5S. The van der Waals surface area contributed by atoms with Crippen molar-refractivity contribution < 1.29 is 31.5 Å². The fraction of sp³-hybridized carbons (Fsp3) is 0.545. The van der Waals surface area contributed by atoms with Crippen molar-refractivity contribution in [3.05, 3.63) is 89.7 Å². The molecule has 13 heteroatoms. The summed E-state index contributed by atoms with van der Waals surface area (Å²) in [4.78, 5) is 31.9. The van der Waals surface area contributed by atoms with E-state index in [0.717, 1.165) is 82.5 Å². The predicted octanol–water partition coefficient (Wildman–Crippen LogP) is 6.60. The van der Waals surface area contributed by atoms with Crippen LogP contribution in [-0.4, -0.2) is 107 Å². The summed E-state index contributed by atoms with van der Waals surface area (Å²) in [7, 11) is -2.28. The summed E-state index contributed by atoms with van der Waals surface area (Å²) in [5.74, 6) is -0.256. The standard InChI is InChI=1S/C44H57F2N5O5S/c1-42(2,3)56-41(53)48-39-11-6-10-38(39)44(30-49-22-7-23-49,33-8-5-9-34(45)26-33)32-20-24-50(25-21-32)27-43(46)28-51(29-43)35-14-18-37(19-15-35)57(54,55)36-16-12-31(13-17-36)40(52)47-4/h5,8-9,12-19,26,32,38-39H,6-7,10-11,20-25,27-30H2,1-4H3,(H,47,52)(H,48,53)/t38-,39-,44?/m0/s1. The van der Waals surface area contributed by atoms with E-state index in [2.05, 4.69) is 26.5 Å². The van der Waals surface area contributed by atoms with Gasteiger partial charge in [-0.25, -0.2) is 22.0 Å². The van der Waals surface area contributed by atoms with Crippen LogP contribution in [0.25, 0.3) is 0 Å². The van der Waals surface area contributed by atoms with Crippen molar-refractivity contribution in [2.24, 2.45) is 11.8 Å². The maximum Gasteiger partial charge on any atom is 0.407 e. The average Bonchev–Trinajstić information content (AvgIpc) is 3.61. The number of likely N-dealkylation sites (tertiary alicyclic amines) is 2. The lowest BCUT2D eigenvalue weighted by Gasteiger charge is -2.54. The molecule has 0 aromatic heterocycles. The van der Waals surface area contributed by atoms with Gasteiger partial charge in [0.05, 0.1) is 22.9 Å². The molecule has 0 spiro atoms. The van der Waals surface area contributed by atoms with Gasteiger partial charge in [0.1, 0.15) is 11.4 Å². The van der Waals surface area contributed by atoms with Crippen LogP contribution in [0.3, 0.4) is 0 Å². The first kappa shape index (κ1) is 41.1. The van der Waals surface area contributed by atoms with Gasteiger partial charge < -0.3 is 25.2 Å². The molecular weight excluding hydrogens is 749 g/mol. The maximum absolute atomic E-state index is 16.3. The third-order valence-electron chi connectivity index (χ3n) is 12.6. The van der Waals surface area contributed by atoms with Crippen LogP contribution < -0.4 is 15.5 Å². The zero-order valence-electron chi connectivity index (χ0n) is 33.6. The van der Waals surface area contributed by atoms with Crippen LogP contribution in [0, 0.1) is 17.7 Å². The van der Waals surface area contributed by atoms with E-state index in [1.807, 2.05) is 31.7 Å². The highest BCUT2D eigenvalue weighted by Crippen LogP contribution is 2.52. The average molecular weight is 806 g/mol. The van der Waals surface area contributed by atoms with Crippen LogP contribution in [0.15, 0.2) is 82.6 Å². The van der Waals surface area contributed by atoms with E-state index >= 15 is 8.78 Å². The van der Waals surface area contributed by atoms with Crippen LogP contribution in [0.4, 0.5) is 19.3 Å². The second kappa shape index (κ2) is 16.3. The molecule has 308 valence electrons. The number of alkyl halides is 1. The number of carbonyl (C=O) groups excluding carboxylic acids is 2. The number of anilines is 1. The summed E-state index contributed by atoms with van der Waals surface area (Å²) >= 11 is 0. The van der Waals surface area contributed by atoms with E-state index in [1.54, 1.807) is 30.3 Å². The molecule has 1 aliphatic carbocycles. The van der Waals surface area contributed by atoms with E-state index in [0.29, 0.717) is 12.1 Å². The number of amides is 2. The normalized spacial score (nSPS) is 22.9. The fourth-order valence-corrected chi connectivity index (χ4v) is 11.1. The molecule has 3 atom stereocenters. The first-order valence-electron chi connectivity index (χ1n) is 20.4. The monoisotopic (exact) mass is 805 g/mol. The van der Waals surface area contributed by atoms with Crippen molar-refractivity contribution in [2.75, 3.05) is 64.3 Å². The molecule has 3 saturated heterocycles. The minimum Gasteiger partial charge on any atom is -0.444 e. The molecule has 3 aromatic rings. The van der Waals surface area contributed by atoms with Gasteiger partial charge in [-0.2, -0.15) is 0 Å². The number of benzene rings is 3. The first-order valence-corrected chi connectivity index (χ1v) is 21.9. The van der Waals surface area contributed by atoms with E-state index in [1.165, 1.54) is 37.4 Å². The largest absolute Gasteiger partial charge is 0.444 e. The van der Waals surface area contributed by atoms with Gasteiger partial charge in [-0.1, -0.05) is 18.6 Å². The molecule has 10 nitrogen and oxygen atoms in total.